The Kier molecular flexibility index (Phi) is 6.93. The van der Waals surface area contributed by atoms with Crippen LogP contribution in [0.25, 0.3) is 0 Å². The van der Waals surface area contributed by atoms with Gasteiger partial charge in [-0.2, -0.15) is 4.31 Å². The van der Waals surface area contributed by atoms with E-state index in [2.05, 4.69) is 10.1 Å². The highest BCUT2D eigenvalue weighted by molar-refractivity contribution is 7.89. The van der Waals surface area contributed by atoms with Crippen molar-refractivity contribution in [1.82, 2.24) is 14.5 Å². The Bertz CT molecular complexity index is 781. The lowest BCUT2D eigenvalue weighted by atomic mass is 10.3. The van der Waals surface area contributed by atoms with E-state index < -0.39 is 21.8 Å². The molecule has 1 aliphatic heterocycles. The van der Waals surface area contributed by atoms with Gasteiger partial charge in [0.25, 0.3) is 0 Å². The highest BCUT2D eigenvalue weighted by Crippen LogP contribution is 2.23. The Morgan fingerprint density at radius 1 is 1.27 bits per heavy atom. The maximum atomic E-state index is 13.2. The molecular formula is C15H19ClFN3O5S. The number of carbonyl (C=O) groups is 2. The van der Waals surface area contributed by atoms with Gasteiger partial charge in [0.15, 0.2) is 0 Å². The second-order valence-corrected chi connectivity index (χ2v) is 7.95. The summed E-state index contributed by atoms with van der Waals surface area (Å²) in [5, 5.41) is 2.16. The van der Waals surface area contributed by atoms with Crippen LogP contribution < -0.4 is 5.32 Å². The number of methoxy groups -OCH3 is 1. The number of nitrogens with one attached hydrogen (secondary N) is 1. The van der Waals surface area contributed by atoms with Crippen molar-refractivity contribution in [3.63, 3.8) is 0 Å². The van der Waals surface area contributed by atoms with E-state index in [9.17, 15) is 22.4 Å². The third kappa shape index (κ3) is 5.13. The van der Waals surface area contributed by atoms with Crippen molar-refractivity contribution in [2.75, 3.05) is 46.4 Å². The summed E-state index contributed by atoms with van der Waals surface area (Å²) in [6, 6.07) is 3.26. The molecule has 0 bridgehead atoms. The number of ether oxygens (including phenoxy) is 1. The number of nitrogens with zero attached hydrogens (tertiary/aromatic N) is 2. The van der Waals surface area contributed by atoms with Gasteiger partial charge in [-0.1, -0.05) is 11.6 Å². The summed E-state index contributed by atoms with van der Waals surface area (Å²) in [6.45, 7) is 0.894. The van der Waals surface area contributed by atoms with Crippen LogP contribution in [0.15, 0.2) is 23.1 Å². The maximum Gasteiger partial charge on any atom is 0.325 e. The van der Waals surface area contributed by atoms with Crippen molar-refractivity contribution in [3.8, 4) is 0 Å². The lowest BCUT2D eigenvalue weighted by molar-refractivity contribution is -0.141. The molecule has 8 nitrogen and oxygen atoms in total. The van der Waals surface area contributed by atoms with Crippen LogP contribution in [0.1, 0.15) is 0 Å². The molecule has 26 heavy (non-hydrogen) atoms. The van der Waals surface area contributed by atoms with Crippen LogP contribution in [0.4, 0.5) is 4.39 Å². The van der Waals surface area contributed by atoms with E-state index in [0.29, 0.717) is 13.1 Å². The first-order valence-corrected chi connectivity index (χ1v) is 9.57. The van der Waals surface area contributed by atoms with Crippen LogP contribution in [0.2, 0.25) is 5.02 Å². The molecule has 11 heteroatoms. The van der Waals surface area contributed by atoms with E-state index in [4.69, 9.17) is 11.6 Å². The van der Waals surface area contributed by atoms with Crippen LogP contribution in [0.5, 0.6) is 0 Å². The molecule has 0 unspecified atom stereocenters. The first kappa shape index (κ1) is 20.6. The van der Waals surface area contributed by atoms with E-state index >= 15 is 0 Å². The zero-order chi connectivity index (χ0) is 19.3. The third-order valence-corrected chi connectivity index (χ3v) is 6.07. The largest absolute Gasteiger partial charge is 0.468 e. The van der Waals surface area contributed by atoms with Crippen molar-refractivity contribution in [2.24, 2.45) is 0 Å². The van der Waals surface area contributed by atoms with Gasteiger partial charge < -0.3 is 10.1 Å². The predicted molar refractivity (Wildman–Crippen MR) is 91.6 cm³/mol. The molecule has 1 aliphatic rings. The number of esters is 1. The molecule has 1 fully saturated rings. The minimum atomic E-state index is -3.78. The predicted octanol–water partition coefficient (Wildman–Crippen LogP) is 0.0746. The second-order valence-electron chi connectivity index (χ2n) is 5.61. The molecule has 0 spiro atoms. The SMILES string of the molecule is COC(=O)CNC(=O)CN1CCN(S(=O)(=O)c2ccc(F)c(Cl)c2)CC1. The van der Waals surface area contributed by atoms with Crippen LogP contribution in [0, 0.1) is 5.82 Å². The monoisotopic (exact) mass is 407 g/mol. The van der Waals surface area contributed by atoms with Gasteiger partial charge in [-0.3, -0.25) is 14.5 Å². The fourth-order valence-electron chi connectivity index (χ4n) is 2.42. The second kappa shape index (κ2) is 8.76. The number of rotatable bonds is 6. The van der Waals surface area contributed by atoms with Gasteiger partial charge in [-0.05, 0) is 18.2 Å². The molecule has 144 valence electrons. The molecule has 0 radical (unpaired) electrons. The number of amides is 1. The quantitative estimate of drug-likeness (QED) is 0.671. The van der Waals surface area contributed by atoms with E-state index in [1.54, 1.807) is 4.90 Å². The van der Waals surface area contributed by atoms with E-state index in [1.165, 1.54) is 17.5 Å². The first-order chi connectivity index (χ1) is 12.2. The Labute approximate surface area is 155 Å². The van der Waals surface area contributed by atoms with Crippen LogP contribution in [-0.4, -0.2) is 75.9 Å². The average molecular weight is 408 g/mol. The summed E-state index contributed by atoms with van der Waals surface area (Å²) in [5.41, 5.74) is 0. The molecule has 0 aromatic heterocycles. The number of carbonyl (C=O) groups excluding carboxylic acids is 2. The topological polar surface area (TPSA) is 96.0 Å². The molecule has 1 aromatic rings. The highest BCUT2D eigenvalue weighted by atomic mass is 35.5. The number of hydrogen-bond donors (Lipinski definition) is 1. The van der Waals surface area contributed by atoms with Crippen molar-refractivity contribution in [1.29, 1.82) is 0 Å². The molecule has 0 saturated carbocycles. The van der Waals surface area contributed by atoms with Crippen molar-refractivity contribution in [3.05, 3.63) is 29.0 Å². The van der Waals surface area contributed by atoms with Crippen LogP contribution in [-0.2, 0) is 24.3 Å². The van der Waals surface area contributed by atoms with Crippen molar-refractivity contribution >= 4 is 33.5 Å². The molecule has 2 rings (SSSR count). The summed E-state index contributed by atoms with van der Waals surface area (Å²) >= 11 is 5.66. The number of hydrogen-bond acceptors (Lipinski definition) is 6. The van der Waals surface area contributed by atoms with Crippen molar-refractivity contribution in [2.45, 2.75) is 4.90 Å². The molecule has 0 aliphatic carbocycles. The summed E-state index contributed by atoms with van der Waals surface area (Å²) < 4.78 is 44.1. The zero-order valence-corrected chi connectivity index (χ0v) is 15.6. The van der Waals surface area contributed by atoms with Gasteiger partial charge in [0, 0.05) is 26.2 Å². The summed E-state index contributed by atoms with van der Waals surface area (Å²) in [5.74, 6) is -1.59. The minimum absolute atomic E-state index is 0.0489. The number of piperazine rings is 1. The molecule has 1 N–H and O–H groups in total. The number of benzene rings is 1. The van der Waals surface area contributed by atoms with E-state index in [1.807, 2.05) is 0 Å². The smallest absolute Gasteiger partial charge is 0.325 e. The molecule has 1 amide bonds. The Hall–Kier alpha value is -1.75. The van der Waals surface area contributed by atoms with Crippen molar-refractivity contribution < 1.29 is 27.1 Å². The first-order valence-electron chi connectivity index (χ1n) is 7.75. The van der Waals surface area contributed by atoms with E-state index in [-0.39, 0.29) is 42.0 Å². The normalized spacial score (nSPS) is 16.3. The Balaban J connectivity index is 1.90. The maximum absolute atomic E-state index is 13.2. The summed E-state index contributed by atoms with van der Waals surface area (Å²) in [4.78, 5) is 24.4. The van der Waals surface area contributed by atoms with Gasteiger partial charge in [0.2, 0.25) is 15.9 Å². The van der Waals surface area contributed by atoms with E-state index in [0.717, 1.165) is 12.1 Å². The Morgan fingerprint density at radius 3 is 2.50 bits per heavy atom. The molecular weight excluding hydrogens is 389 g/mol. The fraction of sp³-hybridized carbons (Fsp3) is 0.467. The van der Waals surface area contributed by atoms with Crippen LogP contribution in [0.3, 0.4) is 0 Å². The van der Waals surface area contributed by atoms with Crippen LogP contribution >= 0.6 is 11.6 Å². The molecule has 0 atom stereocenters. The minimum Gasteiger partial charge on any atom is -0.468 e. The summed E-state index contributed by atoms with van der Waals surface area (Å²) in [7, 11) is -2.56. The molecule has 1 saturated heterocycles. The van der Waals surface area contributed by atoms with Gasteiger partial charge in [0.05, 0.1) is 23.6 Å². The average Bonchev–Trinajstić information content (AvgIpc) is 2.62. The molecule has 1 heterocycles. The van der Waals surface area contributed by atoms with Gasteiger partial charge in [-0.25, -0.2) is 12.8 Å². The highest BCUT2D eigenvalue weighted by Gasteiger charge is 2.29. The van der Waals surface area contributed by atoms with Gasteiger partial charge in [-0.15, -0.1) is 0 Å². The number of sulfonamides is 1. The molecule has 1 aromatic carbocycles. The van der Waals surface area contributed by atoms with Gasteiger partial charge in [0.1, 0.15) is 12.4 Å². The summed E-state index contributed by atoms with van der Waals surface area (Å²) in [6.07, 6.45) is 0. The lowest BCUT2D eigenvalue weighted by Gasteiger charge is -2.33. The van der Waals surface area contributed by atoms with Gasteiger partial charge >= 0.3 is 5.97 Å². The standard InChI is InChI=1S/C15H19ClFN3O5S/c1-25-15(22)9-18-14(21)10-19-4-6-20(7-5-19)26(23,24)11-2-3-13(17)12(16)8-11/h2-3,8H,4-7,9-10H2,1H3,(H,18,21). The fourth-order valence-corrected chi connectivity index (χ4v) is 4.11. The Morgan fingerprint density at radius 2 is 1.92 bits per heavy atom. The lowest BCUT2D eigenvalue weighted by Crippen LogP contribution is -2.51. The number of halogens is 2. The zero-order valence-electron chi connectivity index (χ0n) is 14.1. The third-order valence-electron chi connectivity index (χ3n) is 3.88.